The van der Waals surface area contributed by atoms with E-state index in [9.17, 15) is 0 Å². The van der Waals surface area contributed by atoms with E-state index in [0.29, 0.717) is 0 Å². The minimum Gasteiger partial charge on any atom is -0.392 e. The van der Waals surface area contributed by atoms with Gasteiger partial charge in [-0.3, -0.25) is 10.3 Å². The first-order valence-electron chi connectivity index (χ1n) is 4.49. The van der Waals surface area contributed by atoms with Crippen LogP contribution in [0.4, 0.5) is 0 Å². The molecule has 0 aromatic carbocycles. The van der Waals surface area contributed by atoms with Crippen LogP contribution in [-0.2, 0) is 0 Å². The Labute approximate surface area is 83.9 Å². The second-order valence-corrected chi connectivity index (χ2v) is 3.14. The highest BCUT2D eigenvalue weighted by molar-refractivity contribution is 5.38. The van der Waals surface area contributed by atoms with Gasteiger partial charge < -0.3 is 5.11 Å². The lowest BCUT2D eigenvalue weighted by atomic mass is 10.0. The van der Waals surface area contributed by atoms with Crippen LogP contribution in [0.5, 0.6) is 0 Å². The summed E-state index contributed by atoms with van der Waals surface area (Å²) in [7, 11) is 1.55. The minimum absolute atomic E-state index is 0.0669. The molecule has 0 saturated carbocycles. The summed E-state index contributed by atoms with van der Waals surface area (Å²) < 4.78 is 0. The second-order valence-electron chi connectivity index (χ2n) is 3.14. The molecule has 2 N–H and O–H groups in total. The van der Waals surface area contributed by atoms with Crippen molar-refractivity contribution in [3.63, 3.8) is 0 Å². The van der Waals surface area contributed by atoms with E-state index in [2.05, 4.69) is 0 Å². The fourth-order valence-electron chi connectivity index (χ4n) is 1.20. The van der Waals surface area contributed by atoms with Crippen molar-refractivity contribution in [3.05, 3.63) is 47.7 Å². The van der Waals surface area contributed by atoms with Crippen molar-refractivity contribution in [2.75, 3.05) is 13.7 Å². The van der Waals surface area contributed by atoms with Gasteiger partial charge >= 0.3 is 0 Å². The van der Waals surface area contributed by atoms with E-state index < -0.39 is 0 Å². The van der Waals surface area contributed by atoms with E-state index >= 15 is 0 Å². The van der Waals surface area contributed by atoms with Crippen molar-refractivity contribution in [2.24, 2.45) is 0 Å². The molecule has 0 fully saturated rings. The molecule has 0 spiro atoms. The summed E-state index contributed by atoms with van der Waals surface area (Å²) >= 11 is 0. The third-order valence-corrected chi connectivity index (χ3v) is 1.85. The highest BCUT2D eigenvalue weighted by Crippen LogP contribution is 2.15. The molecule has 14 heavy (non-hydrogen) atoms. The van der Waals surface area contributed by atoms with Crippen LogP contribution < -0.4 is 0 Å². The predicted molar refractivity (Wildman–Crippen MR) is 55.7 cm³/mol. The Morgan fingerprint density at radius 2 is 2.36 bits per heavy atom. The average molecular weight is 193 g/mol. The Bertz CT molecular complexity index is 298. The van der Waals surface area contributed by atoms with Gasteiger partial charge in [0.1, 0.15) is 0 Å². The monoisotopic (exact) mass is 193 g/mol. The van der Waals surface area contributed by atoms with Crippen LogP contribution >= 0.6 is 0 Å². The van der Waals surface area contributed by atoms with E-state index in [-0.39, 0.29) is 6.61 Å². The number of hydrogen-bond donors (Lipinski definition) is 2. The van der Waals surface area contributed by atoms with Gasteiger partial charge in [-0.1, -0.05) is 24.3 Å². The van der Waals surface area contributed by atoms with E-state index in [4.69, 9.17) is 10.3 Å². The van der Waals surface area contributed by atoms with Crippen molar-refractivity contribution < 1.29 is 10.3 Å². The van der Waals surface area contributed by atoms with Gasteiger partial charge in [0.2, 0.25) is 0 Å². The maximum absolute atomic E-state index is 8.91. The van der Waals surface area contributed by atoms with Crippen molar-refractivity contribution in [2.45, 2.75) is 6.42 Å². The SMILES string of the molecule is CN(O)/C=C\C=C1\C=C(CO)C=CC1. The fraction of sp³-hybridized carbons (Fsp3) is 0.273. The third-order valence-electron chi connectivity index (χ3n) is 1.85. The Morgan fingerprint density at radius 1 is 1.57 bits per heavy atom. The summed E-state index contributed by atoms with van der Waals surface area (Å²) in [5, 5.41) is 18.7. The van der Waals surface area contributed by atoms with Gasteiger partial charge in [-0.2, -0.15) is 0 Å². The number of allylic oxidation sites excluding steroid dienone is 5. The molecular formula is C11H15NO2. The Kier molecular flexibility index (Phi) is 4.16. The van der Waals surface area contributed by atoms with Crippen molar-refractivity contribution in [3.8, 4) is 0 Å². The molecule has 0 radical (unpaired) electrons. The molecule has 0 atom stereocenters. The molecule has 1 rings (SSSR count). The summed E-state index contributed by atoms with van der Waals surface area (Å²) in [5.74, 6) is 0. The van der Waals surface area contributed by atoms with Crippen molar-refractivity contribution in [1.29, 1.82) is 0 Å². The van der Waals surface area contributed by atoms with Gasteiger partial charge in [0, 0.05) is 13.2 Å². The largest absolute Gasteiger partial charge is 0.392 e. The molecule has 0 aromatic rings. The lowest BCUT2D eigenvalue weighted by Gasteiger charge is -2.06. The molecule has 0 bridgehead atoms. The van der Waals surface area contributed by atoms with Gasteiger partial charge in [0.05, 0.1) is 6.61 Å². The topological polar surface area (TPSA) is 43.7 Å². The molecule has 0 aliphatic heterocycles. The summed E-state index contributed by atoms with van der Waals surface area (Å²) in [6.45, 7) is 0.0669. The van der Waals surface area contributed by atoms with Gasteiger partial charge in [-0.25, -0.2) is 0 Å². The summed E-state index contributed by atoms with van der Waals surface area (Å²) in [5.41, 5.74) is 2.03. The Morgan fingerprint density at radius 3 is 3.00 bits per heavy atom. The lowest BCUT2D eigenvalue weighted by Crippen LogP contribution is -2.00. The van der Waals surface area contributed by atoms with Crippen LogP contribution in [0, 0.1) is 0 Å². The molecular weight excluding hydrogens is 178 g/mol. The number of nitrogens with zero attached hydrogens (tertiary/aromatic N) is 1. The second kappa shape index (κ2) is 5.42. The van der Waals surface area contributed by atoms with E-state index in [1.165, 1.54) is 0 Å². The normalized spacial score (nSPS) is 19.1. The molecule has 0 aromatic heterocycles. The van der Waals surface area contributed by atoms with Crippen molar-refractivity contribution in [1.82, 2.24) is 5.06 Å². The highest BCUT2D eigenvalue weighted by Gasteiger charge is 1.98. The van der Waals surface area contributed by atoms with Crippen LogP contribution in [0.2, 0.25) is 0 Å². The third kappa shape index (κ3) is 3.60. The molecule has 0 unspecified atom stereocenters. The van der Waals surface area contributed by atoms with Gasteiger partial charge in [-0.05, 0) is 23.6 Å². The first-order chi connectivity index (χ1) is 6.72. The summed E-state index contributed by atoms with van der Waals surface area (Å²) in [6, 6.07) is 0. The van der Waals surface area contributed by atoms with E-state index in [0.717, 1.165) is 22.6 Å². The fourth-order valence-corrected chi connectivity index (χ4v) is 1.20. The molecule has 0 saturated heterocycles. The molecule has 76 valence electrons. The van der Waals surface area contributed by atoms with Gasteiger partial charge in [-0.15, -0.1) is 0 Å². The lowest BCUT2D eigenvalue weighted by molar-refractivity contribution is -0.0128. The zero-order chi connectivity index (χ0) is 10.4. The van der Waals surface area contributed by atoms with Crippen LogP contribution in [0.1, 0.15) is 6.42 Å². The predicted octanol–water partition coefficient (Wildman–Crippen LogP) is 1.63. The molecule has 0 heterocycles. The molecule has 3 nitrogen and oxygen atoms in total. The Balaban J connectivity index is 2.62. The van der Waals surface area contributed by atoms with Crippen LogP contribution in [-0.4, -0.2) is 29.0 Å². The van der Waals surface area contributed by atoms with Crippen molar-refractivity contribution >= 4 is 0 Å². The van der Waals surface area contributed by atoms with Gasteiger partial charge in [0.25, 0.3) is 0 Å². The number of aliphatic hydroxyl groups excluding tert-OH is 1. The standard InChI is InChI=1S/C11H15NO2/c1-12(14)7-3-6-10-4-2-5-11(8-10)9-13/h2-3,5-8,13-14H,4,9H2,1H3/b7-3-,10-6+. The first-order valence-corrected chi connectivity index (χ1v) is 4.49. The van der Waals surface area contributed by atoms with Crippen LogP contribution in [0.15, 0.2) is 47.7 Å². The minimum atomic E-state index is 0.0669. The maximum atomic E-state index is 8.91. The maximum Gasteiger partial charge on any atom is 0.0681 e. The highest BCUT2D eigenvalue weighted by atomic mass is 16.5. The number of hydroxylamine groups is 2. The number of rotatable bonds is 3. The molecule has 3 heteroatoms. The molecule has 0 amide bonds. The molecule has 1 aliphatic rings. The smallest absolute Gasteiger partial charge is 0.0681 e. The van der Waals surface area contributed by atoms with E-state index in [1.54, 1.807) is 19.3 Å². The zero-order valence-electron chi connectivity index (χ0n) is 8.22. The quantitative estimate of drug-likeness (QED) is 0.669. The van der Waals surface area contributed by atoms with Crippen LogP contribution in [0.25, 0.3) is 0 Å². The van der Waals surface area contributed by atoms with Gasteiger partial charge in [0.15, 0.2) is 0 Å². The average Bonchev–Trinajstić information content (AvgIpc) is 2.18. The summed E-state index contributed by atoms with van der Waals surface area (Å²) in [6.07, 6.45) is 12.0. The number of hydrogen-bond acceptors (Lipinski definition) is 3. The van der Waals surface area contributed by atoms with Crippen LogP contribution in [0.3, 0.4) is 0 Å². The zero-order valence-corrected chi connectivity index (χ0v) is 8.22. The van der Waals surface area contributed by atoms with E-state index in [1.807, 2.05) is 24.3 Å². The number of aliphatic hydroxyl groups is 1. The first kappa shape index (κ1) is 10.8. The molecule has 1 aliphatic carbocycles. The summed E-state index contributed by atoms with van der Waals surface area (Å²) in [4.78, 5) is 0. The Hall–Kier alpha value is -1.32.